The summed E-state index contributed by atoms with van der Waals surface area (Å²) in [6.45, 7) is 0.913. The third-order valence-electron chi connectivity index (χ3n) is 5.23. The number of carbonyl (C=O) groups excluding carboxylic acids is 4. The molecule has 206 valence electrons. The summed E-state index contributed by atoms with van der Waals surface area (Å²) in [5.41, 5.74) is 8.66. The number of hydrogen-bond acceptors (Lipinski definition) is 8. The first-order valence-electron chi connectivity index (χ1n) is 11.1. The Balaban J connectivity index is 2.22. The molecule has 10 nitrogen and oxygen atoms in total. The maximum atomic E-state index is 13.8. The molecule has 0 unspecified atom stereocenters. The third-order valence-corrected chi connectivity index (χ3v) is 6.08. The second kappa shape index (κ2) is 11.9. The summed E-state index contributed by atoms with van der Waals surface area (Å²) >= 11 is 0.442. The van der Waals surface area contributed by atoms with Crippen molar-refractivity contribution in [2.75, 3.05) is 23.8 Å². The van der Waals surface area contributed by atoms with Crippen LogP contribution < -0.4 is 21.7 Å². The summed E-state index contributed by atoms with van der Waals surface area (Å²) in [4.78, 5) is 51.0. The maximum Gasteiger partial charge on any atom is 0.416 e. The number of ether oxygens (including phenoxy) is 1. The lowest BCUT2D eigenvalue weighted by Gasteiger charge is -2.31. The Morgan fingerprint density at radius 3 is 2.36 bits per heavy atom. The zero-order chi connectivity index (χ0) is 28.9. The molecule has 1 aromatic heterocycles. The van der Waals surface area contributed by atoms with Gasteiger partial charge in [0, 0.05) is 5.69 Å². The van der Waals surface area contributed by atoms with Gasteiger partial charge in [0.05, 0.1) is 17.9 Å². The van der Waals surface area contributed by atoms with E-state index in [2.05, 4.69) is 9.69 Å². The van der Waals surface area contributed by atoms with E-state index in [-0.39, 0.29) is 12.2 Å². The molecule has 0 spiro atoms. The van der Waals surface area contributed by atoms with E-state index in [1.807, 2.05) is 0 Å². The van der Waals surface area contributed by atoms with Gasteiger partial charge >= 0.3 is 12.1 Å². The number of rotatable bonds is 9. The third kappa shape index (κ3) is 6.67. The van der Waals surface area contributed by atoms with Gasteiger partial charge in [0.25, 0.3) is 11.8 Å². The van der Waals surface area contributed by atoms with Crippen molar-refractivity contribution in [1.82, 2.24) is 9.69 Å². The Hall–Kier alpha value is -4.53. The van der Waals surface area contributed by atoms with Crippen molar-refractivity contribution < 1.29 is 41.5 Å². The minimum absolute atomic E-state index is 0.0117. The quantitative estimate of drug-likeness (QED) is 0.265. The molecule has 0 fully saturated rings. The van der Waals surface area contributed by atoms with Gasteiger partial charge in [-0.2, -0.15) is 17.5 Å². The van der Waals surface area contributed by atoms with Gasteiger partial charge in [0.2, 0.25) is 5.91 Å². The first-order chi connectivity index (χ1) is 18.3. The van der Waals surface area contributed by atoms with E-state index in [0.29, 0.717) is 22.5 Å². The molecule has 2 aromatic carbocycles. The van der Waals surface area contributed by atoms with Gasteiger partial charge in [-0.3, -0.25) is 24.1 Å². The minimum atomic E-state index is -4.81. The average Bonchev–Trinajstić information content (AvgIpc) is 3.27. The van der Waals surface area contributed by atoms with Gasteiger partial charge in [-0.15, -0.1) is 0 Å². The number of benzene rings is 2. The lowest BCUT2D eigenvalue weighted by atomic mass is 10.0. The fourth-order valence-corrected chi connectivity index (χ4v) is 4.23. The van der Waals surface area contributed by atoms with Crippen LogP contribution in [-0.2, 0) is 20.5 Å². The van der Waals surface area contributed by atoms with Gasteiger partial charge in [-0.25, -0.2) is 4.39 Å². The molecule has 0 aliphatic rings. The van der Waals surface area contributed by atoms with Crippen molar-refractivity contribution in [2.24, 2.45) is 5.73 Å². The van der Waals surface area contributed by atoms with Crippen LogP contribution in [0.2, 0.25) is 0 Å². The first kappa shape index (κ1) is 29.0. The molecule has 1 heterocycles. The van der Waals surface area contributed by atoms with E-state index >= 15 is 0 Å². The zero-order valence-corrected chi connectivity index (χ0v) is 20.9. The molecule has 3 aromatic rings. The number of esters is 1. The van der Waals surface area contributed by atoms with Crippen LogP contribution >= 0.6 is 11.5 Å². The summed E-state index contributed by atoms with van der Waals surface area (Å²) < 4.78 is 62.9. The Bertz CT molecular complexity index is 1390. The molecule has 3 amide bonds. The number of nitrogens with one attached hydrogen (secondary N) is 1. The van der Waals surface area contributed by atoms with Gasteiger partial charge in [-0.1, -0.05) is 18.2 Å². The van der Waals surface area contributed by atoms with Crippen molar-refractivity contribution in [3.05, 3.63) is 76.0 Å². The van der Waals surface area contributed by atoms with E-state index in [1.54, 1.807) is 0 Å². The topological polar surface area (TPSA) is 158 Å². The summed E-state index contributed by atoms with van der Waals surface area (Å²) in [5.74, 6) is -4.70. The molecular weight excluding hydrogens is 546 g/mol. The summed E-state index contributed by atoms with van der Waals surface area (Å²) in [6.07, 6.45) is -4.81. The second-order valence-corrected chi connectivity index (χ2v) is 8.61. The van der Waals surface area contributed by atoms with Crippen LogP contribution in [0.3, 0.4) is 0 Å². The lowest BCUT2D eigenvalue weighted by Crippen LogP contribution is -2.45. The number of amides is 3. The average molecular weight is 568 g/mol. The van der Waals surface area contributed by atoms with Gasteiger partial charge in [0.15, 0.2) is 5.69 Å². The summed E-state index contributed by atoms with van der Waals surface area (Å²) in [6, 6.07) is 6.02. The highest BCUT2D eigenvalue weighted by Gasteiger charge is 2.38. The largest absolute Gasteiger partial charge is 0.465 e. The highest BCUT2D eigenvalue weighted by molar-refractivity contribution is 7.09. The maximum absolute atomic E-state index is 13.8. The fourth-order valence-electron chi connectivity index (χ4n) is 3.48. The normalized spacial score (nSPS) is 11.9. The second-order valence-electron chi connectivity index (χ2n) is 7.84. The van der Waals surface area contributed by atoms with Crippen molar-refractivity contribution in [1.29, 1.82) is 0 Å². The van der Waals surface area contributed by atoms with Crippen molar-refractivity contribution in [3.8, 4) is 0 Å². The number of halogens is 4. The first-order valence-corrected chi connectivity index (χ1v) is 11.9. The predicted molar refractivity (Wildman–Crippen MR) is 132 cm³/mol. The van der Waals surface area contributed by atoms with E-state index in [9.17, 15) is 36.7 Å². The van der Waals surface area contributed by atoms with Crippen LogP contribution in [0.25, 0.3) is 0 Å². The van der Waals surface area contributed by atoms with Gasteiger partial charge in [0.1, 0.15) is 23.3 Å². The molecule has 0 radical (unpaired) electrons. The number of hydrogen-bond donors (Lipinski definition) is 3. The van der Waals surface area contributed by atoms with Crippen molar-refractivity contribution >= 4 is 46.6 Å². The van der Waals surface area contributed by atoms with E-state index in [4.69, 9.17) is 16.2 Å². The molecular formula is C24H21F4N5O5S. The van der Waals surface area contributed by atoms with E-state index < -0.39 is 75.8 Å². The summed E-state index contributed by atoms with van der Waals surface area (Å²) in [5, 5.41) is 2.28. The number of nitrogens with two attached hydrogens (primary N) is 2. The molecule has 5 N–H and O–H groups in total. The van der Waals surface area contributed by atoms with E-state index in [1.165, 1.54) is 6.92 Å². The van der Waals surface area contributed by atoms with Gasteiger partial charge < -0.3 is 21.5 Å². The van der Waals surface area contributed by atoms with Crippen LogP contribution in [0.15, 0.2) is 48.5 Å². The predicted octanol–water partition coefficient (Wildman–Crippen LogP) is 3.05. The van der Waals surface area contributed by atoms with Crippen molar-refractivity contribution in [3.63, 3.8) is 0 Å². The standard InChI is InChI=1S/C24H21F4N5O5S/c1-2-38-16(34)11-31-22(36)19(12-6-8-14(25)9-7-12)33(15-5-3-4-13(10-15)24(26,27)28)23(37)20-17(29)18(21(30)35)32-39-20/h3-10,19H,2,11,29H2,1H3,(H2,30,35)(H,31,36)/t19-/m0/s1. The lowest BCUT2D eigenvalue weighted by molar-refractivity contribution is -0.143. The van der Waals surface area contributed by atoms with Crippen LogP contribution in [0.4, 0.5) is 28.9 Å². The van der Waals surface area contributed by atoms with E-state index in [0.717, 1.165) is 42.5 Å². The molecule has 0 saturated heterocycles. The molecule has 1 atom stereocenters. The highest BCUT2D eigenvalue weighted by Crippen LogP contribution is 2.37. The molecule has 0 aliphatic carbocycles. The molecule has 39 heavy (non-hydrogen) atoms. The van der Waals surface area contributed by atoms with Crippen LogP contribution in [0.1, 0.15) is 44.3 Å². The number of primary amides is 1. The summed E-state index contributed by atoms with van der Waals surface area (Å²) in [7, 11) is 0. The number of alkyl halides is 3. The van der Waals surface area contributed by atoms with Crippen LogP contribution in [0.5, 0.6) is 0 Å². The molecule has 0 saturated carbocycles. The SMILES string of the molecule is CCOC(=O)CNC(=O)[C@H](c1ccc(F)cc1)N(C(=O)c1snc(C(N)=O)c1N)c1cccc(C(F)(F)F)c1. The Morgan fingerprint density at radius 2 is 1.79 bits per heavy atom. The van der Waals surface area contributed by atoms with Gasteiger partial charge in [-0.05, 0) is 54.4 Å². The Kier molecular flexibility index (Phi) is 8.85. The minimum Gasteiger partial charge on any atom is -0.465 e. The Morgan fingerprint density at radius 1 is 1.13 bits per heavy atom. The van der Waals surface area contributed by atoms with Crippen LogP contribution in [-0.4, -0.2) is 41.2 Å². The monoisotopic (exact) mass is 567 g/mol. The fraction of sp³-hybridized carbons (Fsp3) is 0.208. The van der Waals surface area contributed by atoms with Crippen molar-refractivity contribution in [2.45, 2.75) is 19.1 Å². The number of aromatic nitrogens is 1. The number of nitrogens with zero attached hydrogens (tertiary/aromatic N) is 2. The Labute approximate surface area is 222 Å². The zero-order valence-electron chi connectivity index (χ0n) is 20.1. The van der Waals surface area contributed by atoms with Crippen LogP contribution in [0, 0.1) is 5.82 Å². The number of nitrogen functional groups attached to an aromatic ring is 1. The number of anilines is 2. The molecule has 3 rings (SSSR count). The molecule has 0 bridgehead atoms. The highest BCUT2D eigenvalue weighted by atomic mass is 32.1. The molecule has 15 heteroatoms. The smallest absolute Gasteiger partial charge is 0.416 e. The molecule has 0 aliphatic heterocycles. The number of carbonyl (C=O) groups is 4.